The van der Waals surface area contributed by atoms with Crippen molar-refractivity contribution >= 4 is 57.9 Å². The van der Waals surface area contributed by atoms with Crippen molar-refractivity contribution in [1.82, 2.24) is 4.98 Å². The largest absolute Gasteiger partial charge is 0.378 e. The highest BCUT2D eigenvalue weighted by Gasteiger charge is 2.14. The van der Waals surface area contributed by atoms with Gasteiger partial charge in [-0.2, -0.15) is 0 Å². The van der Waals surface area contributed by atoms with E-state index < -0.39 is 5.91 Å². The van der Waals surface area contributed by atoms with E-state index in [-0.39, 0.29) is 27.6 Å². The molecule has 8 nitrogen and oxygen atoms in total. The summed E-state index contributed by atoms with van der Waals surface area (Å²) in [7, 11) is 0. The molecule has 2 N–H and O–H groups in total. The van der Waals surface area contributed by atoms with Gasteiger partial charge in [0, 0.05) is 52.4 Å². The van der Waals surface area contributed by atoms with E-state index in [2.05, 4.69) is 20.5 Å². The first-order chi connectivity index (χ1) is 20.4. The number of pyridine rings is 1. The molecule has 3 aromatic carbocycles. The second-order valence-electron chi connectivity index (χ2n) is 9.04. The first kappa shape index (κ1) is 30.7. The van der Waals surface area contributed by atoms with E-state index in [1.807, 2.05) is 26.0 Å². The number of carbonyl (C=O) groups is 3. The molecule has 216 valence electrons. The zero-order valence-corrected chi connectivity index (χ0v) is 24.7. The summed E-state index contributed by atoms with van der Waals surface area (Å²) in [5, 5.41) is 5.83. The van der Waals surface area contributed by atoms with Gasteiger partial charge in [0.15, 0.2) is 5.78 Å². The fourth-order valence-electron chi connectivity index (χ4n) is 4.22. The highest BCUT2D eigenvalue weighted by atomic mass is 35.5. The maximum Gasteiger partial charge on any atom is 0.255 e. The van der Waals surface area contributed by atoms with Crippen molar-refractivity contribution in [3.8, 4) is 0 Å². The molecule has 0 atom stereocenters. The second kappa shape index (κ2) is 14.6. The molecule has 0 bridgehead atoms. The highest BCUT2D eigenvalue weighted by molar-refractivity contribution is 6.33. The third kappa shape index (κ3) is 7.94. The second-order valence-corrected chi connectivity index (χ2v) is 9.81. The molecule has 4 aromatic rings. The van der Waals surface area contributed by atoms with E-state index in [0.717, 1.165) is 18.8 Å². The van der Waals surface area contributed by atoms with Crippen LogP contribution in [-0.2, 0) is 4.74 Å². The number of morpholine rings is 1. The standard InChI is InChI=1S/C30H24Cl2N4O4.C2H6/c31-26-17-22(18-27(32)35-26)30(39)34-24-9-3-20(4-10-24)28(37)19-1-7-23(8-2-19)33-29(38)21-5-11-25(12-6-21)36-13-15-40-16-14-36;1-2/h1-12,17-18H,13-16H2,(H,33,38)(H,34,39);1-2H3. The Labute approximate surface area is 254 Å². The molecular weight excluding hydrogens is 575 g/mol. The smallest absolute Gasteiger partial charge is 0.255 e. The van der Waals surface area contributed by atoms with Crippen molar-refractivity contribution in [3.05, 3.63) is 117 Å². The van der Waals surface area contributed by atoms with Gasteiger partial charge in [-0.05, 0) is 84.9 Å². The average molecular weight is 606 g/mol. The van der Waals surface area contributed by atoms with Crippen LogP contribution in [0.2, 0.25) is 10.3 Å². The first-order valence-corrected chi connectivity index (χ1v) is 14.2. The van der Waals surface area contributed by atoms with Crippen molar-refractivity contribution in [2.24, 2.45) is 0 Å². The van der Waals surface area contributed by atoms with E-state index in [4.69, 9.17) is 27.9 Å². The number of amides is 2. The topological polar surface area (TPSA) is 101 Å². The molecule has 1 aromatic heterocycles. The lowest BCUT2D eigenvalue weighted by Gasteiger charge is -2.28. The summed E-state index contributed by atoms with van der Waals surface area (Å²) < 4.78 is 5.39. The Morgan fingerprint density at radius 3 is 1.57 bits per heavy atom. The van der Waals surface area contributed by atoms with Crippen LogP contribution in [-0.4, -0.2) is 48.9 Å². The Balaban J connectivity index is 0.00000198. The lowest BCUT2D eigenvalue weighted by Crippen LogP contribution is -2.36. The normalized spacial score (nSPS) is 12.5. The summed E-state index contributed by atoms with van der Waals surface area (Å²) in [5.74, 6) is -0.834. The van der Waals surface area contributed by atoms with Gasteiger partial charge in [-0.3, -0.25) is 14.4 Å². The zero-order valence-electron chi connectivity index (χ0n) is 23.2. The third-order valence-corrected chi connectivity index (χ3v) is 6.73. The molecule has 0 radical (unpaired) electrons. The number of halogens is 2. The summed E-state index contributed by atoms with van der Waals surface area (Å²) in [6, 6.07) is 23.5. The summed E-state index contributed by atoms with van der Waals surface area (Å²) in [5.41, 5.74) is 3.86. The fourth-order valence-corrected chi connectivity index (χ4v) is 4.68. The van der Waals surface area contributed by atoms with Crippen molar-refractivity contribution in [1.29, 1.82) is 0 Å². The first-order valence-electron chi connectivity index (χ1n) is 13.5. The van der Waals surface area contributed by atoms with Crippen molar-refractivity contribution in [2.75, 3.05) is 41.8 Å². The Bertz CT molecular complexity index is 1520. The van der Waals surface area contributed by atoms with Crippen LogP contribution in [0.15, 0.2) is 84.9 Å². The van der Waals surface area contributed by atoms with Gasteiger partial charge in [0.25, 0.3) is 11.8 Å². The lowest BCUT2D eigenvalue weighted by atomic mass is 10.0. The predicted octanol–water partition coefficient (Wildman–Crippen LogP) is 6.99. The summed E-state index contributed by atoms with van der Waals surface area (Å²) >= 11 is 11.7. The Morgan fingerprint density at radius 2 is 1.10 bits per heavy atom. The number of benzene rings is 3. The van der Waals surface area contributed by atoms with E-state index in [0.29, 0.717) is 41.3 Å². The van der Waals surface area contributed by atoms with Crippen LogP contribution in [0, 0.1) is 0 Å². The van der Waals surface area contributed by atoms with Gasteiger partial charge in [0.2, 0.25) is 0 Å². The molecule has 1 aliphatic heterocycles. The van der Waals surface area contributed by atoms with E-state index in [9.17, 15) is 14.4 Å². The van der Waals surface area contributed by atoms with Crippen molar-refractivity contribution in [3.63, 3.8) is 0 Å². The molecule has 0 aliphatic carbocycles. The van der Waals surface area contributed by atoms with Crippen molar-refractivity contribution < 1.29 is 19.1 Å². The molecule has 2 amide bonds. The number of nitrogens with zero attached hydrogens (tertiary/aromatic N) is 2. The zero-order chi connectivity index (χ0) is 30.1. The van der Waals surface area contributed by atoms with Crippen LogP contribution in [0.1, 0.15) is 50.5 Å². The van der Waals surface area contributed by atoms with Gasteiger partial charge in [0.05, 0.1) is 13.2 Å². The molecule has 1 saturated heterocycles. The maximum absolute atomic E-state index is 13.0. The summed E-state index contributed by atoms with van der Waals surface area (Å²) in [6.45, 7) is 7.05. The molecule has 10 heteroatoms. The highest BCUT2D eigenvalue weighted by Crippen LogP contribution is 2.20. The lowest BCUT2D eigenvalue weighted by molar-refractivity contribution is 0.101. The third-order valence-electron chi connectivity index (χ3n) is 6.34. The quantitative estimate of drug-likeness (QED) is 0.174. The van der Waals surface area contributed by atoms with Gasteiger partial charge in [-0.25, -0.2) is 4.98 Å². The number of ether oxygens (including phenoxy) is 1. The van der Waals surface area contributed by atoms with Crippen molar-refractivity contribution in [2.45, 2.75) is 13.8 Å². The number of carbonyl (C=O) groups excluding carboxylic acids is 3. The molecule has 0 saturated carbocycles. The molecule has 0 unspecified atom stereocenters. The number of hydrogen-bond acceptors (Lipinski definition) is 6. The molecule has 2 heterocycles. The van der Waals surface area contributed by atoms with Crippen LogP contribution in [0.5, 0.6) is 0 Å². The number of ketones is 1. The number of rotatable bonds is 7. The monoisotopic (exact) mass is 604 g/mol. The number of aromatic nitrogens is 1. The van der Waals surface area contributed by atoms with Crippen LogP contribution in [0.3, 0.4) is 0 Å². The van der Waals surface area contributed by atoms with Gasteiger partial charge in [-0.15, -0.1) is 0 Å². The molecule has 1 fully saturated rings. The minimum absolute atomic E-state index is 0.113. The number of nitrogens with one attached hydrogen (secondary N) is 2. The van der Waals surface area contributed by atoms with Crippen LogP contribution in [0.4, 0.5) is 17.1 Å². The maximum atomic E-state index is 13.0. The molecule has 5 rings (SSSR count). The SMILES string of the molecule is CC.O=C(Nc1ccc(C(=O)c2ccc(NC(=O)c3cc(Cl)nc(Cl)c3)cc2)cc1)c1ccc(N2CCOCC2)cc1. The van der Waals surface area contributed by atoms with Gasteiger partial charge in [0.1, 0.15) is 10.3 Å². The van der Waals surface area contributed by atoms with Crippen LogP contribution < -0.4 is 15.5 Å². The summed E-state index contributed by atoms with van der Waals surface area (Å²) in [6.07, 6.45) is 0. The predicted molar refractivity (Wildman–Crippen MR) is 167 cm³/mol. The Kier molecular flexibility index (Phi) is 10.7. The fraction of sp³-hybridized carbons (Fsp3) is 0.188. The van der Waals surface area contributed by atoms with E-state index in [1.165, 1.54) is 12.1 Å². The van der Waals surface area contributed by atoms with E-state index >= 15 is 0 Å². The van der Waals surface area contributed by atoms with Crippen LogP contribution >= 0.6 is 23.2 Å². The number of anilines is 3. The average Bonchev–Trinajstić information content (AvgIpc) is 3.02. The van der Waals surface area contributed by atoms with Gasteiger partial charge >= 0.3 is 0 Å². The minimum atomic E-state index is -0.407. The molecule has 1 aliphatic rings. The van der Waals surface area contributed by atoms with Gasteiger partial charge in [-0.1, -0.05) is 37.0 Å². The van der Waals surface area contributed by atoms with E-state index in [1.54, 1.807) is 60.7 Å². The molecule has 0 spiro atoms. The van der Waals surface area contributed by atoms with Gasteiger partial charge < -0.3 is 20.3 Å². The minimum Gasteiger partial charge on any atom is -0.378 e. The number of hydrogen-bond donors (Lipinski definition) is 2. The Hall–Kier alpha value is -4.24. The molecule has 42 heavy (non-hydrogen) atoms. The Morgan fingerprint density at radius 1 is 0.667 bits per heavy atom. The summed E-state index contributed by atoms with van der Waals surface area (Å²) in [4.78, 5) is 44.2. The molecular formula is C32H30Cl2N4O4. The van der Waals surface area contributed by atoms with Crippen LogP contribution in [0.25, 0.3) is 0 Å².